The molecule has 0 fully saturated rings. The maximum atomic E-state index is 11.0. The molecule has 0 atom stereocenters. The molecule has 0 saturated carbocycles. The standard InChI is InChI=1S/C15H19NO2/c1-2-3-9-18-10-8-16-11-13(12-17)14-6-4-5-7-15(14)16/h4-7,11-12H,2-3,8-10H2,1H3. The van der Waals surface area contributed by atoms with E-state index in [9.17, 15) is 4.79 Å². The van der Waals surface area contributed by atoms with Gasteiger partial charge in [0.15, 0.2) is 6.29 Å². The Bertz CT molecular complexity index is 516. The number of hydrogen-bond acceptors (Lipinski definition) is 2. The zero-order valence-electron chi connectivity index (χ0n) is 10.8. The highest BCUT2D eigenvalue weighted by molar-refractivity contribution is 5.97. The summed E-state index contributed by atoms with van der Waals surface area (Å²) >= 11 is 0. The van der Waals surface area contributed by atoms with Gasteiger partial charge in [0, 0.05) is 35.8 Å². The number of rotatable bonds is 7. The molecule has 0 amide bonds. The predicted molar refractivity (Wildman–Crippen MR) is 73.1 cm³/mol. The first kappa shape index (κ1) is 12.8. The van der Waals surface area contributed by atoms with Crippen LogP contribution in [0.3, 0.4) is 0 Å². The lowest BCUT2D eigenvalue weighted by Gasteiger charge is -2.06. The highest BCUT2D eigenvalue weighted by Gasteiger charge is 2.06. The van der Waals surface area contributed by atoms with Crippen molar-refractivity contribution in [2.45, 2.75) is 26.3 Å². The van der Waals surface area contributed by atoms with E-state index >= 15 is 0 Å². The first-order valence-corrected chi connectivity index (χ1v) is 6.47. The Balaban J connectivity index is 2.06. The highest BCUT2D eigenvalue weighted by atomic mass is 16.5. The van der Waals surface area contributed by atoms with Crippen molar-refractivity contribution >= 4 is 17.2 Å². The SMILES string of the molecule is CCCCOCCn1cc(C=O)c2ccccc21. The molecule has 1 aromatic heterocycles. The van der Waals surface area contributed by atoms with Gasteiger partial charge < -0.3 is 9.30 Å². The molecule has 3 heteroatoms. The van der Waals surface area contributed by atoms with Gasteiger partial charge in [0.1, 0.15) is 0 Å². The molecule has 1 heterocycles. The van der Waals surface area contributed by atoms with Crippen LogP contribution in [0.2, 0.25) is 0 Å². The van der Waals surface area contributed by atoms with Gasteiger partial charge in [-0.05, 0) is 12.5 Å². The van der Waals surface area contributed by atoms with Crippen LogP contribution in [0, 0.1) is 0 Å². The highest BCUT2D eigenvalue weighted by Crippen LogP contribution is 2.19. The molecule has 0 saturated heterocycles. The van der Waals surface area contributed by atoms with Gasteiger partial charge in [0.2, 0.25) is 0 Å². The molecule has 0 radical (unpaired) electrons. The zero-order chi connectivity index (χ0) is 12.8. The summed E-state index contributed by atoms with van der Waals surface area (Å²) in [5, 5.41) is 1.01. The van der Waals surface area contributed by atoms with Gasteiger partial charge in [-0.1, -0.05) is 31.5 Å². The number of aromatic nitrogens is 1. The minimum absolute atomic E-state index is 0.691. The molecule has 0 spiro atoms. The second kappa shape index (κ2) is 6.36. The van der Waals surface area contributed by atoms with Crippen molar-refractivity contribution in [1.82, 2.24) is 4.57 Å². The Labute approximate surface area is 107 Å². The number of para-hydroxylation sites is 1. The lowest BCUT2D eigenvalue weighted by atomic mass is 10.2. The van der Waals surface area contributed by atoms with Crippen LogP contribution in [-0.2, 0) is 11.3 Å². The fourth-order valence-electron chi connectivity index (χ4n) is 2.07. The smallest absolute Gasteiger partial charge is 0.152 e. The Kier molecular flexibility index (Phi) is 4.53. The average molecular weight is 245 g/mol. The molecule has 0 unspecified atom stereocenters. The number of benzene rings is 1. The number of unbranched alkanes of at least 4 members (excludes halogenated alkanes) is 1. The van der Waals surface area contributed by atoms with Crippen molar-refractivity contribution in [3.05, 3.63) is 36.0 Å². The van der Waals surface area contributed by atoms with Gasteiger partial charge in [-0.2, -0.15) is 0 Å². The van der Waals surface area contributed by atoms with E-state index < -0.39 is 0 Å². The molecule has 0 N–H and O–H groups in total. The lowest BCUT2D eigenvalue weighted by Crippen LogP contribution is -2.05. The Hall–Kier alpha value is -1.61. The number of hydrogen-bond donors (Lipinski definition) is 0. The number of carbonyl (C=O) groups is 1. The summed E-state index contributed by atoms with van der Waals surface area (Å²) in [5.41, 5.74) is 1.85. The van der Waals surface area contributed by atoms with Crippen LogP contribution < -0.4 is 0 Å². The first-order chi connectivity index (χ1) is 8.86. The number of aldehydes is 1. The van der Waals surface area contributed by atoms with E-state index in [0.29, 0.717) is 6.61 Å². The third kappa shape index (κ3) is 2.79. The van der Waals surface area contributed by atoms with Crippen LogP contribution in [-0.4, -0.2) is 24.1 Å². The summed E-state index contributed by atoms with van der Waals surface area (Å²) in [6.45, 7) is 4.45. The minimum Gasteiger partial charge on any atom is -0.380 e. The predicted octanol–water partition coefficient (Wildman–Crippen LogP) is 3.27. The minimum atomic E-state index is 0.691. The molecule has 3 nitrogen and oxygen atoms in total. The van der Waals surface area contributed by atoms with Crippen molar-refractivity contribution in [2.75, 3.05) is 13.2 Å². The van der Waals surface area contributed by atoms with Gasteiger partial charge in [0.25, 0.3) is 0 Å². The summed E-state index contributed by atoms with van der Waals surface area (Å²) in [6, 6.07) is 7.96. The number of fused-ring (bicyclic) bond motifs is 1. The van der Waals surface area contributed by atoms with Crippen molar-refractivity contribution < 1.29 is 9.53 Å². The molecular formula is C15H19NO2. The second-order valence-corrected chi connectivity index (χ2v) is 4.38. The molecule has 18 heavy (non-hydrogen) atoms. The number of carbonyl (C=O) groups excluding carboxylic acids is 1. The fraction of sp³-hybridized carbons (Fsp3) is 0.400. The van der Waals surface area contributed by atoms with Crippen molar-refractivity contribution in [3.8, 4) is 0 Å². The van der Waals surface area contributed by atoms with Crippen LogP contribution in [0.25, 0.3) is 10.9 Å². The van der Waals surface area contributed by atoms with Gasteiger partial charge in [-0.3, -0.25) is 4.79 Å². The third-order valence-electron chi connectivity index (χ3n) is 3.07. The van der Waals surface area contributed by atoms with E-state index in [4.69, 9.17) is 4.74 Å². The summed E-state index contributed by atoms with van der Waals surface area (Å²) in [5.74, 6) is 0. The molecule has 1 aromatic carbocycles. The van der Waals surface area contributed by atoms with E-state index in [0.717, 1.165) is 48.7 Å². The van der Waals surface area contributed by atoms with Gasteiger partial charge in [0.05, 0.1) is 6.61 Å². The molecule has 96 valence electrons. The van der Waals surface area contributed by atoms with E-state index in [1.54, 1.807) is 0 Å². The number of ether oxygens (including phenoxy) is 1. The van der Waals surface area contributed by atoms with Gasteiger partial charge in [-0.15, -0.1) is 0 Å². The molecule has 2 aromatic rings. The summed E-state index contributed by atoms with van der Waals surface area (Å²) in [6.07, 6.45) is 5.07. The van der Waals surface area contributed by atoms with E-state index in [-0.39, 0.29) is 0 Å². The van der Waals surface area contributed by atoms with Crippen molar-refractivity contribution in [1.29, 1.82) is 0 Å². The van der Waals surface area contributed by atoms with Crippen molar-refractivity contribution in [3.63, 3.8) is 0 Å². The molecular weight excluding hydrogens is 226 g/mol. The second-order valence-electron chi connectivity index (χ2n) is 4.38. The molecule has 0 aliphatic carbocycles. The van der Waals surface area contributed by atoms with E-state index in [2.05, 4.69) is 11.5 Å². The van der Waals surface area contributed by atoms with Crippen molar-refractivity contribution in [2.24, 2.45) is 0 Å². The summed E-state index contributed by atoms with van der Waals surface area (Å²) in [7, 11) is 0. The lowest BCUT2D eigenvalue weighted by molar-refractivity contribution is 0.112. The molecule has 0 bridgehead atoms. The topological polar surface area (TPSA) is 31.2 Å². The van der Waals surface area contributed by atoms with E-state index in [1.165, 1.54) is 0 Å². The van der Waals surface area contributed by atoms with Gasteiger partial charge >= 0.3 is 0 Å². The molecule has 2 rings (SSSR count). The quantitative estimate of drug-likeness (QED) is 0.553. The van der Waals surface area contributed by atoms with Gasteiger partial charge in [-0.25, -0.2) is 0 Å². The van der Waals surface area contributed by atoms with Crippen LogP contribution >= 0.6 is 0 Å². The molecule has 0 aliphatic rings. The largest absolute Gasteiger partial charge is 0.380 e. The van der Waals surface area contributed by atoms with Crippen LogP contribution in [0.1, 0.15) is 30.1 Å². The summed E-state index contributed by atoms with van der Waals surface area (Å²) in [4.78, 5) is 11.0. The maximum absolute atomic E-state index is 11.0. The normalized spacial score (nSPS) is 10.9. The maximum Gasteiger partial charge on any atom is 0.152 e. The fourth-order valence-corrected chi connectivity index (χ4v) is 2.07. The Morgan fingerprint density at radius 2 is 2.11 bits per heavy atom. The van der Waals surface area contributed by atoms with Crippen LogP contribution in [0.15, 0.2) is 30.5 Å². The average Bonchev–Trinajstić information content (AvgIpc) is 2.77. The summed E-state index contributed by atoms with van der Waals surface area (Å²) < 4.78 is 7.65. The monoisotopic (exact) mass is 245 g/mol. The first-order valence-electron chi connectivity index (χ1n) is 6.47. The Morgan fingerprint density at radius 1 is 1.28 bits per heavy atom. The molecule has 0 aliphatic heterocycles. The zero-order valence-corrected chi connectivity index (χ0v) is 10.8. The third-order valence-corrected chi connectivity index (χ3v) is 3.07. The van der Waals surface area contributed by atoms with Crippen LogP contribution in [0.5, 0.6) is 0 Å². The Morgan fingerprint density at radius 3 is 2.89 bits per heavy atom. The van der Waals surface area contributed by atoms with E-state index in [1.807, 2.05) is 30.5 Å². The number of nitrogens with zero attached hydrogens (tertiary/aromatic N) is 1. The van der Waals surface area contributed by atoms with Crippen LogP contribution in [0.4, 0.5) is 0 Å².